The van der Waals surface area contributed by atoms with Gasteiger partial charge >= 0.3 is 8.60 Å². The highest BCUT2D eigenvalue weighted by molar-refractivity contribution is 7.39. The van der Waals surface area contributed by atoms with Crippen molar-refractivity contribution in [3.05, 3.63) is 0 Å². The summed E-state index contributed by atoms with van der Waals surface area (Å²) in [6.07, 6.45) is 4.89. The van der Waals surface area contributed by atoms with Crippen LogP contribution in [0.15, 0.2) is 0 Å². The molecule has 0 aromatic carbocycles. The van der Waals surface area contributed by atoms with E-state index in [2.05, 4.69) is 0 Å². The van der Waals surface area contributed by atoms with Gasteiger partial charge in [0.25, 0.3) is 0 Å². The molecule has 3 aliphatic rings. The van der Waals surface area contributed by atoms with E-state index >= 15 is 0 Å². The van der Waals surface area contributed by atoms with Gasteiger partial charge < -0.3 is 24.0 Å². The predicted octanol–water partition coefficient (Wildman–Crippen LogP) is 1.49. The van der Waals surface area contributed by atoms with E-state index < -0.39 is 14.2 Å². The Bertz CT molecular complexity index is 267. The zero-order valence-corrected chi connectivity index (χ0v) is 12.5. The predicted molar refractivity (Wildman–Crippen MR) is 72.1 cm³/mol. The van der Waals surface area contributed by atoms with Crippen LogP contribution in [-0.2, 0) is 18.7 Å². The van der Waals surface area contributed by atoms with Gasteiger partial charge in [0, 0.05) is 19.8 Å². The minimum Gasteiger partial charge on any atom is -0.375 e. The molecular weight excluding hydrogens is 283 g/mol. The smallest absolute Gasteiger partial charge is 0.327 e. The monoisotopic (exact) mass is 306 g/mol. The summed E-state index contributed by atoms with van der Waals surface area (Å²) < 4.78 is 23.2. The minimum absolute atomic E-state index is 0.182. The molecule has 20 heavy (non-hydrogen) atoms. The van der Waals surface area contributed by atoms with Crippen LogP contribution in [-0.4, -0.2) is 53.5 Å². The van der Waals surface area contributed by atoms with Crippen LogP contribution in [0, 0.1) is 0 Å². The average Bonchev–Trinajstić information content (AvgIpc) is 3.15. The highest BCUT2D eigenvalue weighted by Crippen LogP contribution is 2.48. The first-order valence-corrected chi connectivity index (χ1v) is 8.62. The molecule has 0 aromatic heterocycles. The Kier molecular flexibility index (Phi) is 4.93. The lowest BCUT2D eigenvalue weighted by Crippen LogP contribution is -2.60. The Hall–Kier alpha value is 0.190. The lowest BCUT2D eigenvalue weighted by Gasteiger charge is -2.45. The summed E-state index contributed by atoms with van der Waals surface area (Å²) in [7, 11) is -2.48. The van der Waals surface area contributed by atoms with E-state index in [9.17, 15) is 9.79 Å². The molecule has 3 aliphatic heterocycles. The third-order valence-corrected chi connectivity index (χ3v) is 5.02. The van der Waals surface area contributed by atoms with E-state index in [-0.39, 0.29) is 18.3 Å². The molecule has 7 heteroatoms. The second-order valence-corrected chi connectivity index (χ2v) is 6.39. The van der Waals surface area contributed by atoms with Crippen LogP contribution in [0.3, 0.4) is 0 Å². The van der Waals surface area contributed by atoms with E-state index in [4.69, 9.17) is 18.7 Å². The highest BCUT2D eigenvalue weighted by Gasteiger charge is 2.58. The molecule has 0 aliphatic carbocycles. The van der Waals surface area contributed by atoms with E-state index in [1.54, 1.807) is 0 Å². The van der Waals surface area contributed by atoms with Crippen LogP contribution >= 0.6 is 8.60 Å². The molecule has 0 bridgehead atoms. The van der Waals surface area contributed by atoms with Crippen molar-refractivity contribution in [1.82, 2.24) is 0 Å². The van der Waals surface area contributed by atoms with Crippen LogP contribution in [0.2, 0.25) is 0 Å². The van der Waals surface area contributed by atoms with Gasteiger partial charge in [-0.2, -0.15) is 0 Å². The first-order valence-electron chi connectivity index (χ1n) is 7.45. The Morgan fingerprint density at radius 2 is 1.20 bits per heavy atom. The van der Waals surface area contributed by atoms with Gasteiger partial charge in [-0.05, 0) is 38.5 Å². The van der Waals surface area contributed by atoms with Gasteiger partial charge in [0.05, 0.1) is 18.3 Å². The van der Waals surface area contributed by atoms with Crippen molar-refractivity contribution in [2.45, 2.75) is 62.4 Å². The third-order valence-electron chi connectivity index (χ3n) is 4.54. The van der Waals surface area contributed by atoms with E-state index in [0.717, 1.165) is 38.5 Å². The number of hydrogen-bond donors (Lipinski definition) is 2. The quantitative estimate of drug-likeness (QED) is 0.749. The largest absolute Gasteiger partial charge is 0.375 e. The maximum Gasteiger partial charge on any atom is 0.327 e. The SMILES string of the molecule is OP(O)OC(C1CCCO1)(C1CCCO1)C1CCCO1. The molecule has 0 saturated carbocycles. The van der Waals surface area contributed by atoms with Gasteiger partial charge in [-0.1, -0.05) is 0 Å². The van der Waals surface area contributed by atoms with Crippen molar-refractivity contribution in [1.29, 1.82) is 0 Å². The van der Waals surface area contributed by atoms with Crippen molar-refractivity contribution < 1.29 is 28.5 Å². The van der Waals surface area contributed by atoms with Gasteiger partial charge in [0.15, 0.2) is 5.60 Å². The molecule has 3 atom stereocenters. The second kappa shape index (κ2) is 6.53. The Morgan fingerprint density at radius 1 is 0.800 bits per heavy atom. The van der Waals surface area contributed by atoms with Gasteiger partial charge in [-0.25, -0.2) is 0 Å². The molecule has 6 nitrogen and oxygen atoms in total. The molecule has 116 valence electrons. The molecule has 0 spiro atoms. The van der Waals surface area contributed by atoms with Crippen LogP contribution in [0.4, 0.5) is 0 Å². The maximum atomic E-state index is 9.50. The van der Waals surface area contributed by atoms with Gasteiger partial charge in [0.2, 0.25) is 0 Å². The Balaban J connectivity index is 1.91. The molecule has 0 amide bonds. The first-order chi connectivity index (χ1) is 9.73. The summed E-state index contributed by atoms with van der Waals surface area (Å²) in [4.78, 5) is 19.0. The van der Waals surface area contributed by atoms with Crippen molar-refractivity contribution in [3.8, 4) is 0 Å². The van der Waals surface area contributed by atoms with Crippen LogP contribution in [0.1, 0.15) is 38.5 Å². The standard InChI is InChI=1S/C13H23O6P/c14-20(15)19-13(10-4-1-7-16-10,11-5-2-8-17-11)12-6-3-9-18-12/h10-12,14-15H,1-9H2. The summed E-state index contributed by atoms with van der Waals surface area (Å²) >= 11 is 0. The molecule has 3 saturated heterocycles. The van der Waals surface area contributed by atoms with Gasteiger partial charge in [0.1, 0.15) is 0 Å². The highest BCUT2D eigenvalue weighted by atomic mass is 31.2. The molecule has 3 fully saturated rings. The third kappa shape index (κ3) is 2.75. The van der Waals surface area contributed by atoms with Crippen molar-refractivity contribution >= 4 is 8.60 Å². The molecular formula is C13H23O6P. The van der Waals surface area contributed by atoms with E-state index in [1.165, 1.54) is 0 Å². The fourth-order valence-corrected chi connectivity index (χ4v) is 4.38. The van der Waals surface area contributed by atoms with Gasteiger partial charge in [-0.3, -0.25) is 4.52 Å². The Morgan fingerprint density at radius 3 is 1.45 bits per heavy atom. The van der Waals surface area contributed by atoms with Crippen molar-refractivity contribution in [2.75, 3.05) is 19.8 Å². The first kappa shape index (κ1) is 15.1. The topological polar surface area (TPSA) is 77.4 Å². The fraction of sp³-hybridized carbons (Fsp3) is 1.00. The van der Waals surface area contributed by atoms with E-state index in [0.29, 0.717) is 19.8 Å². The minimum atomic E-state index is -2.48. The van der Waals surface area contributed by atoms with Gasteiger partial charge in [-0.15, -0.1) is 0 Å². The molecule has 3 unspecified atom stereocenters. The summed E-state index contributed by atoms with van der Waals surface area (Å²) in [5.41, 5.74) is -0.876. The molecule has 3 heterocycles. The molecule has 0 radical (unpaired) electrons. The van der Waals surface area contributed by atoms with Crippen LogP contribution in [0.5, 0.6) is 0 Å². The second-order valence-electron chi connectivity index (χ2n) is 5.70. The van der Waals surface area contributed by atoms with Crippen molar-refractivity contribution in [3.63, 3.8) is 0 Å². The summed E-state index contributed by atoms with van der Waals surface area (Å²) in [5, 5.41) is 0. The zero-order chi connectivity index (χ0) is 14.0. The lowest BCUT2D eigenvalue weighted by atomic mass is 9.81. The number of rotatable bonds is 5. The van der Waals surface area contributed by atoms with E-state index in [1.807, 2.05) is 0 Å². The fourth-order valence-electron chi connectivity index (χ4n) is 3.74. The zero-order valence-electron chi connectivity index (χ0n) is 11.6. The average molecular weight is 306 g/mol. The Labute approximate surface area is 120 Å². The van der Waals surface area contributed by atoms with Crippen LogP contribution in [0.25, 0.3) is 0 Å². The maximum absolute atomic E-state index is 9.50. The summed E-state index contributed by atoms with van der Waals surface area (Å²) in [6.45, 7) is 2.05. The number of ether oxygens (including phenoxy) is 3. The molecule has 3 rings (SSSR count). The summed E-state index contributed by atoms with van der Waals surface area (Å²) in [6, 6.07) is 0. The van der Waals surface area contributed by atoms with Crippen molar-refractivity contribution in [2.24, 2.45) is 0 Å². The lowest BCUT2D eigenvalue weighted by molar-refractivity contribution is -0.195. The van der Waals surface area contributed by atoms with Crippen LogP contribution < -0.4 is 0 Å². The normalized spacial score (nSPS) is 37.6. The number of hydrogen-bond acceptors (Lipinski definition) is 6. The molecule has 0 aromatic rings. The summed E-state index contributed by atoms with van der Waals surface area (Å²) in [5.74, 6) is 0. The molecule has 2 N–H and O–H groups in total.